The summed E-state index contributed by atoms with van der Waals surface area (Å²) >= 11 is 0. The Morgan fingerprint density at radius 1 is 1.08 bits per heavy atom. The van der Waals surface area contributed by atoms with E-state index in [0.29, 0.717) is 19.1 Å². The van der Waals surface area contributed by atoms with Crippen molar-refractivity contribution in [1.29, 1.82) is 0 Å². The maximum absolute atomic E-state index is 12.1. The molecule has 1 amide bonds. The van der Waals surface area contributed by atoms with Crippen LogP contribution in [0.25, 0.3) is 0 Å². The molecule has 1 aromatic rings. The molecule has 1 saturated heterocycles. The predicted molar refractivity (Wildman–Crippen MR) is 96.2 cm³/mol. The van der Waals surface area contributed by atoms with Crippen molar-refractivity contribution in [3.8, 4) is 5.75 Å². The maximum atomic E-state index is 12.1. The molecule has 0 bridgehead atoms. The summed E-state index contributed by atoms with van der Waals surface area (Å²) in [4.78, 5) is 14.7. The van der Waals surface area contributed by atoms with Crippen molar-refractivity contribution in [2.45, 2.75) is 63.5 Å². The highest BCUT2D eigenvalue weighted by Crippen LogP contribution is 2.26. The zero-order valence-electron chi connectivity index (χ0n) is 14.6. The van der Waals surface area contributed by atoms with Crippen molar-refractivity contribution in [2.24, 2.45) is 0 Å². The van der Waals surface area contributed by atoms with Crippen LogP contribution in [0.15, 0.2) is 30.3 Å². The lowest BCUT2D eigenvalue weighted by atomic mass is 10.0. The third-order valence-corrected chi connectivity index (χ3v) is 5.30. The molecule has 0 radical (unpaired) electrons. The summed E-state index contributed by atoms with van der Waals surface area (Å²) in [6.45, 7) is 2.89. The number of carbonyl (C=O) groups excluding carboxylic acids is 1. The first-order chi connectivity index (χ1) is 11.8. The van der Waals surface area contributed by atoms with Crippen LogP contribution in [-0.2, 0) is 4.79 Å². The van der Waals surface area contributed by atoms with Gasteiger partial charge in [-0.1, -0.05) is 31.0 Å². The quantitative estimate of drug-likeness (QED) is 0.779. The first-order valence-electron chi connectivity index (χ1n) is 9.52. The van der Waals surface area contributed by atoms with Crippen molar-refractivity contribution in [1.82, 2.24) is 10.2 Å². The van der Waals surface area contributed by atoms with Gasteiger partial charge in [-0.25, -0.2) is 0 Å². The van der Waals surface area contributed by atoms with Crippen LogP contribution in [0.1, 0.15) is 51.4 Å². The van der Waals surface area contributed by atoms with Gasteiger partial charge >= 0.3 is 0 Å². The molecule has 2 aliphatic rings. The van der Waals surface area contributed by atoms with E-state index in [4.69, 9.17) is 4.74 Å². The van der Waals surface area contributed by atoms with Gasteiger partial charge in [-0.3, -0.25) is 4.79 Å². The van der Waals surface area contributed by atoms with Crippen molar-refractivity contribution >= 4 is 5.91 Å². The molecule has 0 spiro atoms. The van der Waals surface area contributed by atoms with E-state index >= 15 is 0 Å². The largest absolute Gasteiger partial charge is 0.494 e. The Morgan fingerprint density at radius 3 is 2.50 bits per heavy atom. The zero-order valence-corrected chi connectivity index (χ0v) is 14.6. The van der Waals surface area contributed by atoms with Gasteiger partial charge in [0.1, 0.15) is 5.75 Å². The van der Waals surface area contributed by atoms with Gasteiger partial charge in [0.15, 0.2) is 0 Å². The van der Waals surface area contributed by atoms with E-state index in [1.54, 1.807) is 0 Å². The van der Waals surface area contributed by atoms with Gasteiger partial charge in [-0.05, 0) is 44.2 Å². The Kier molecular flexibility index (Phi) is 6.53. The van der Waals surface area contributed by atoms with Crippen LogP contribution in [0.4, 0.5) is 0 Å². The van der Waals surface area contributed by atoms with Crippen LogP contribution in [0.5, 0.6) is 5.75 Å². The van der Waals surface area contributed by atoms with Crippen molar-refractivity contribution < 1.29 is 9.53 Å². The summed E-state index contributed by atoms with van der Waals surface area (Å²) in [5, 5.41) is 3.21. The fourth-order valence-electron chi connectivity index (χ4n) is 3.92. The smallest absolute Gasteiger partial charge is 0.220 e. The Labute approximate surface area is 145 Å². The minimum absolute atomic E-state index is 0.172. The number of para-hydroxylation sites is 1. The molecule has 1 aromatic carbocycles. The van der Waals surface area contributed by atoms with Crippen LogP contribution in [-0.4, -0.2) is 42.6 Å². The number of nitrogens with zero attached hydrogens (tertiary/aromatic N) is 1. The average Bonchev–Trinajstić information content (AvgIpc) is 3.15. The van der Waals surface area contributed by atoms with E-state index in [9.17, 15) is 4.79 Å². The molecule has 1 N–H and O–H groups in total. The number of hydrogen-bond acceptors (Lipinski definition) is 3. The number of likely N-dealkylation sites (tertiary alicyclic amines) is 1. The maximum Gasteiger partial charge on any atom is 0.220 e. The van der Waals surface area contributed by atoms with E-state index in [0.717, 1.165) is 44.1 Å². The summed E-state index contributed by atoms with van der Waals surface area (Å²) in [5.74, 6) is 1.04. The summed E-state index contributed by atoms with van der Waals surface area (Å²) in [7, 11) is 0. The van der Waals surface area contributed by atoms with Gasteiger partial charge in [0.05, 0.1) is 6.61 Å². The van der Waals surface area contributed by atoms with Crippen LogP contribution < -0.4 is 10.1 Å². The molecule has 1 aliphatic carbocycles. The molecule has 0 atom stereocenters. The second-order valence-corrected chi connectivity index (χ2v) is 7.08. The number of nitrogens with one attached hydrogen (secondary N) is 1. The van der Waals surface area contributed by atoms with Crippen LogP contribution >= 0.6 is 0 Å². The zero-order chi connectivity index (χ0) is 16.6. The minimum atomic E-state index is 0.172. The SMILES string of the molecule is O=C(CCCOc1ccccc1)NC1CCN(C2CCCC2)CC1. The van der Waals surface area contributed by atoms with Crippen molar-refractivity contribution in [3.63, 3.8) is 0 Å². The van der Waals surface area contributed by atoms with Crippen LogP contribution in [0.2, 0.25) is 0 Å². The van der Waals surface area contributed by atoms with E-state index < -0.39 is 0 Å². The first kappa shape index (κ1) is 17.3. The topological polar surface area (TPSA) is 41.6 Å². The average molecular weight is 330 g/mol. The molecule has 24 heavy (non-hydrogen) atoms. The third-order valence-electron chi connectivity index (χ3n) is 5.30. The van der Waals surface area contributed by atoms with E-state index in [1.807, 2.05) is 30.3 Å². The Hall–Kier alpha value is -1.55. The molecule has 3 rings (SSSR count). The van der Waals surface area contributed by atoms with Gasteiger partial charge < -0.3 is 15.0 Å². The summed E-state index contributed by atoms with van der Waals surface area (Å²) in [6.07, 6.45) is 9.05. The molecule has 132 valence electrons. The van der Waals surface area contributed by atoms with E-state index in [1.165, 1.54) is 25.7 Å². The second kappa shape index (κ2) is 9.07. The number of benzene rings is 1. The van der Waals surface area contributed by atoms with Crippen LogP contribution in [0, 0.1) is 0 Å². The van der Waals surface area contributed by atoms with Gasteiger partial charge in [0.2, 0.25) is 5.91 Å². The molecule has 4 heteroatoms. The van der Waals surface area contributed by atoms with Gasteiger partial charge in [0.25, 0.3) is 0 Å². The molecule has 0 aromatic heterocycles. The fraction of sp³-hybridized carbons (Fsp3) is 0.650. The molecular formula is C20H30N2O2. The standard InChI is InChI=1S/C20H30N2O2/c23-20(11-6-16-24-19-9-2-1-3-10-19)21-17-12-14-22(15-13-17)18-7-4-5-8-18/h1-3,9-10,17-18H,4-8,11-16H2,(H,21,23). The van der Waals surface area contributed by atoms with Crippen molar-refractivity contribution in [2.75, 3.05) is 19.7 Å². The highest BCUT2D eigenvalue weighted by molar-refractivity contribution is 5.76. The molecule has 1 heterocycles. The second-order valence-electron chi connectivity index (χ2n) is 7.08. The molecule has 2 fully saturated rings. The van der Waals surface area contributed by atoms with E-state index in [2.05, 4.69) is 10.2 Å². The van der Waals surface area contributed by atoms with Gasteiger partial charge in [0, 0.05) is 31.6 Å². The molecule has 0 unspecified atom stereocenters. The highest BCUT2D eigenvalue weighted by atomic mass is 16.5. The first-order valence-corrected chi connectivity index (χ1v) is 9.52. The molecule has 1 aliphatic heterocycles. The fourth-order valence-corrected chi connectivity index (χ4v) is 3.92. The van der Waals surface area contributed by atoms with Crippen molar-refractivity contribution in [3.05, 3.63) is 30.3 Å². The Bertz CT molecular complexity index is 492. The summed E-state index contributed by atoms with van der Waals surface area (Å²) in [6, 6.07) is 11.0. The molecule has 4 nitrogen and oxygen atoms in total. The van der Waals surface area contributed by atoms with Crippen LogP contribution in [0.3, 0.4) is 0 Å². The summed E-state index contributed by atoms with van der Waals surface area (Å²) < 4.78 is 5.63. The molecular weight excluding hydrogens is 300 g/mol. The lowest BCUT2D eigenvalue weighted by molar-refractivity contribution is -0.122. The monoisotopic (exact) mass is 330 g/mol. The van der Waals surface area contributed by atoms with E-state index in [-0.39, 0.29) is 5.91 Å². The minimum Gasteiger partial charge on any atom is -0.494 e. The number of ether oxygens (including phenoxy) is 1. The lowest BCUT2D eigenvalue weighted by Crippen LogP contribution is -2.47. The third kappa shape index (κ3) is 5.23. The number of amides is 1. The van der Waals surface area contributed by atoms with Gasteiger partial charge in [-0.15, -0.1) is 0 Å². The Balaban J connectivity index is 1.27. The number of hydrogen-bond donors (Lipinski definition) is 1. The number of carbonyl (C=O) groups is 1. The highest BCUT2D eigenvalue weighted by Gasteiger charge is 2.27. The van der Waals surface area contributed by atoms with Gasteiger partial charge in [-0.2, -0.15) is 0 Å². The Morgan fingerprint density at radius 2 is 1.79 bits per heavy atom. The summed E-state index contributed by atoms with van der Waals surface area (Å²) in [5.41, 5.74) is 0. The lowest BCUT2D eigenvalue weighted by Gasteiger charge is -2.36. The molecule has 1 saturated carbocycles. The number of piperidine rings is 1. The normalized spacial score (nSPS) is 20.2. The predicted octanol–water partition coefficient (Wildman–Crippen LogP) is 3.37. The number of rotatable bonds is 7.